The Morgan fingerprint density at radius 3 is 1.62 bits per heavy atom. The minimum atomic E-state index is -0.846. The summed E-state index contributed by atoms with van der Waals surface area (Å²) in [6.07, 6.45) is 2.43. The number of nitrogens with zero attached hydrogens (tertiary/aromatic N) is 2. The summed E-state index contributed by atoms with van der Waals surface area (Å²) in [5.41, 5.74) is 11.2. The van der Waals surface area contributed by atoms with E-state index in [1.54, 1.807) is 0 Å². The van der Waals surface area contributed by atoms with E-state index in [1.165, 1.54) is 24.5 Å². The Labute approximate surface area is 136 Å². The van der Waals surface area contributed by atoms with E-state index in [1.807, 2.05) is 0 Å². The third-order valence-corrected chi connectivity index (χ3v) is 3.67. The number of hydrogen-bond donors (Lipinski definition) is 2. The molecular weight excluding hydrogens is 408 g/mol. The maximum atomic E-state index is 11.8. The predicted molar refractivity (Wildman–Crippen MR) is 82.4 cm³/mol. The van der Waals surface area contributed by atoms with Gasteiger partial charge in [0.1, 0.15) is 11.6 Å². The lowest BCUT2D eigenvalue weighted by Crippen LogP contribution is -2.14. The van der Waals surface area contributed by atoms with Gasteiger partial charge in [-0.2, -0.15) is 0 Å². The van der Waals surface area contributed by atoms with Crippen LogP contribution in [0.2, 0.25) is 0 Å². The highest BCUT2D eigenvalue weighted by Crippen LogP contribution is 2.20. The van der Waals surface area contributed by atoms with Gasteiger partial charge in [0.15, 0.2) is 0 Å². The minimum Gasteiger partial charge on any atom is -0.386 e. The Bertz CT molecular complexity index is 675. The summed E-state index contributed by atoms with van der Waals surface area (Å²) in [6, 6.07) is 2.82. The quantitative estimate of drug-likeness (QED) is 0.569. The van der Waals surface area contributed by atoms with Crippen LogP contribution in [0.25, 0.3) is 0 Å². The van der Waals surface area contributed by atoms with Gasteiger partial charge in [0.25, 0.3) is 0 Å². The number of anilines is 2. The Balaban J connectivity index is 2.16. The third kappa shape index (κ3) is 3.56. The van der Waals surface area contributed by atoms with E-state index in [4.69, 9.17) is 16.2 Å². The summed E-state index contributed by atoms with van der Waals surface area (Å²) in [6.45, 7) is 0. The molecule has 0 spiro atoms. The monoisotopic (exact) mass is 414 g/mol. The molecule has 7 nitrogen and oxygen atoms in total. The zero-order valence-corrected chi connectivity index (χ0v) is 13.5. The van der Waals surface area contributed by atoms with Gasteiger partial charge in [0, 0.05) is 12.4 Å². The van der Waals surface area contributed by atoms with Crippen molar-refractivity contribution in [2.45, 2.75) is 0 Å². The van der Waals surface area contributed by atoms with Crippen molar-refractivity contribution in [1.82, 2.24) is 9.97 Å². The Morgan fingerprint density at radius 1 is 0.905 bits per heavy atom. The molecule has 0 aliphatic rings. The number of carbonyl (C=O) groups excluding carboxylic acids is 2. The molecular formula is C12H8Br2N4O3. The second kappa shape index (κ2) is 6.19. The molecule has 0 aromatic carbocycles. The maximum Gasteiger partial charge on any atom is 0.347 e. The molecule has 2 rings (SSSR count). The summed E-state index contributed by atoms with van der Waals surface area (Å²) in [4.78, 5) is 31.3. The van der Waals surface area contributed by atoms with Gasteiger partial charge in [0.2, 0.25) is 0 Å². The van der Waals surface area contributed by atoms with Gasteiger partial charge in [-0.3, -0.25) is 0 Å². The molecule has 108 valence electrons. The molecule has 0 atom stereocenters. The van der Waals surface area contributed by atoms with Crippen LogP contribution in [0.15, 0.2) is 33.5 Å². The fraction of sp³-hybridized carbons (Fsp3) is 0. The Morgan fingerprint density at radius 2 is 1.29 bits per heavy atom. The van der Waals surface area contributed by atoms with E-state index < -0.39 is 11.9 Å². The number of aromatic nitrogens is 2. The van der Waals surface area contributed by atoms with E-state index in [0.717, 1.165) is 0 Å². The van der Waals surface area contributed by atoms with Gasteiger partial charge >= 0.3 is 11.9 Å². The number of pyridine rings is 2. The number of rotatable bonds is 2. The average Bonchev–Trinajstić information content (AvgIpc) is 2.44. The minimum absolute atomic E-state index is 0.0897. The smallest absolute Gasteiger partial charge is 0.347 e. The molecule has 0 unspecified atom stereocenters. The number of carbonyl (C=O) groups is 2. The normalized spacial score (nSPS) is 10.2. The average molecular weight is 416 g/mol. The lowest BCUT2D eigenvalue weighted by molar-refractivity contribution is 0.0397. The van der Waals surface area contributed by atoms with E-state index in [9.17, 15) is 9.59 Å². The molecule has 2 aromatic heterocycles. The highest BCUT2D eigenvalue weighted by Gasteiger charge is 2.17. The first-order valence-corrected chi connectivity index (χ1v) is 7.05. The largest absolute Gasteiger partial charge is 0.386 e. The van der Waals surface area contributed by atoms with Gasteiger partial charge in [-0.1, -0.05) is 0 Å². The van der Waals surface area contributed by atoms with Crippen LogP contribution in [0.1, 0.15) is 20.7 Å². The van der Waals surface area contributed by atoms with Crippen LogP contribution in [-0.2, 0) is 4.74 Å². The molecule has 0 saturated heterocycles. The standard InChI is InChI=1S/C12H8Br2N4O3/c13-7-1-5(3-17-9(7)15)11(19)21-12(20)6-2-8(14)10(16)18-4-6/h1-4H,(H2,15,17)(H2,16,18). The molecule has 0 saturated carbocycles. The van der Waals surface area contributed by atoms with Crippen LogP contribution in [0.4, 0.5) is 11.6 Å². The summed E-state index contributed by atoms with van der Waals surface area (Å²) in [5.74, 6) is -1.24. The molecule has 2 aromatic rings. The van der Waals surface area contributed by atoms with Crippen molar-refractivity contribution in [2.24, 2.45) is 0 Å². The Kier molecular flexibility index (Phi) is 4.53. The van der Waals surface area contributed by atoms with Gasteiger partial charge in [-0.15, -0.1) is 0 Å². The highest BCUT2D eigenvalue weighted by molar-refractivity contribution is 9.11. The third-order valence-electron chi connectivity index (χ3n) is 2.40. The molecule has 4 N–H and O–H groups in total. The van der Waals surface area contributed by atoms with Crippen LogP contribution in [0.5, 0.6) is 0 Å². The van der Waals surface area contributed by atoms with E-state index >= 15 is 0 Å². The second-order valence-corrected chi connectivity index (χ2v) is 5.57. The van der Waals surface area contributed by atoms with Crippen molar-refractivity contribution in [3.8, 4) is 0 Å². The summed E-state index contributed by atoms with van der Waals surface area (Å²) in [7, 11) is 0. The summed E-state index contributed by atoms with van der Waals surface area (Å²) < 4.78 is 5.59. The molecule has 0 radical (unpaired) electrons. The number of ether oxygens (including phenoxy) is 1. The molecule has 2 heterocycles. The van der Waals surface area contributed by atoms with Crippen molar-refractivity contribution >= 4 is 55.4 Å². The van der Waals surface area contributed by atoms with Crippen molar-refractivity contribution < 1.29 is 14.3 Å². The fourth-order valence-electron chi connectivity index (χ4n) is 1.32. The first-order valence-electron chi connectivity index (χ1n) is 5.47. The highest BCUT2D eigenvalue weighted by atomic mass is 79.9. The van der Waals surface area contributed by atoms with E-state index in [0.29, 0.717) is 8.95 Å². The number of halogens is 2. The number of nitrogens with two attached hydrogens (primary N) is 2. The first kappa shape index (κ1) is 15.4. The molecule has 0 amide bonds. The van der Waals surface area contributed by atoms with Gasteiger partial charge in [0.05, 0.1) is 20.1 Å². The van der Waals surface area contributed by atoms with Gasteiger partial charge in [-0.05, 0) is 44.0 Å². The molecule has 21 heavy (non-hydrogen) atoms. The second-order valence-electron chi connectivity index (χ2n) is 3.86. The molecule has 0 aliphatic carbocycles. The number of hydrogen-bond acceptors (Lipinski definition) is 7. The van der Waals surface area contributed by atoms with Crippen LogP contribution >= 0.6 is 31.9 Å². The topological polar surface area (TPSA) is 121 Å². The van der Waals surface area contributed by atoms with Crippen LogP contribution in [-0.4, -0.2) is 21.9 Å². The first-order chi connectivity index (χ1) is 9.88. The van der Waals surface area contributed by atoms with E-state index in [-0.39, 0.29) is 22.8 Å². The SMILES string of the molecule is Nc1ncc(C(=O)OC(=O)c2cnc(N)c(Br)c2)cc1Br. The van der Waals surface area contributed by atoms with Crippen molar-refractivity contribution in [3.05, 3.63) is 44.6 Å². The van der Waals surface area contributed by atoms with Gasteiger partial charge < -0.3 is 16.2 Å². The van der Waals surface area contributed by atoms with Gasteiger partial charge in [-0.25, -0.2) is 19.6 Å². The van der Waals surface area contributed by atoms with Crippen molar-refractivity contribution in [1.29, 1.82) is 0 Å². The predicted octanol–water partition coefficient (Wildman–Crippen LogP) is 2.16. The van der Waals surface area contributed by atoms with E-state index in [2.05, 4.69) is 41.8 Å². The zero-order chi connectivity index (χ0) is 15.6. The zero-order valence-electron chi connectivity index (χ0n) is 10.3. The maximum absolute atomic E-state index is 11.8. The summed E-state index contributed by atoms with van der Waals surface area (Å²) in [5, 5.41) is 0. The van der Waals surface area contributed by atoms with Crippen molar-refractivity contribution in [2.75, 3.05) is 11.5 Å². The van der Waals surface area contributed by atoms with Crippen LogP contribution in [0, 0.1) is 0 Å². The lowest BCUT2D eigenvalue weighted by Gasteiger charge is -2.05. The molecule has 0 aliphatic heterocycles. The molecule has 0 fully saturated rings. The fourth-order valence-corrected chi connectivity index (χ4v) is 2.02. The Hall–Kier alpha value is -2.00. The van der Waals surface area contributed by atoms with Crippen LogP contribution < -0.4 is 11.5 Å². The molecule has 0 bridgehead atoms. The lowest BCUT2D eigenvalue weighted by atomic mass is 10.2. The van der Waals surface area contributed by atoms with Crippen molar-refractivity contribution in [3.63, 3.8) is 0 Å². The number of nitrogen functional groups attached to an aromatic ring is 2. The molecule has 9 heteroatoms. The number of esters is 2. The van der Waals surface area contributed by atoms with Crippen LogP contribution in [0.3, 0.4) is 0 Å². The summed E-state index contributed by atoms with van der Waals surface area (Å²) >= 11 is 6.27.